The molecule has 0 atom stereocenters. The second kappa shape index (κ2) is 7.58. The average Bonchev–Trinajstić information content (AvgIpc) is 2.34. The van der Waals surface area contributed by atoms with Crippen molar-refractivity contribution in [2.45, 2.75) is 12.9 Å². The molecule has 3 N–H and O–H groups in total. The summed E-state index contributed by atoms with van der Waals surface area (Å²) in [5.41, 5.74) is 5.17. The quantitative estimate of drug-likeness (QED) is 0.507. The zero-order valence-corrected chi connectivity index (χ0v) is 11.6. The first-order valence-electron chi connectivity index (χ1n) is 5.26. The molecular formula is C11H13ClF3N3O3. The highest BCUT2D eigenvalue weighted by Crippen LogP contribution is 2.22. The van der Waals surface area contributed by atoms with Gasteiger partial charge in [-0.25, -0.2) is 4.79 Å². The minimum Gasteiger partial charge on any atom is -0.497 e. The van der Waals surface area contributed by atoms with E-state index in [2.05, 4.69) is 4.74 Å². The molecular weight excluding hydrogens is 315 g/mol. The number of nitrogens with zero attached hydrogens (tertiary/aromatic N) is 1. The lowest BCUT2D eigenvalue weighted by Crippen LogP contribution is -2.50. The van der Waals surface area contributed by atoms with Gasteiger partial charge in [0.05, 0.1) is 7.11 Å². The normalized spacial score (nSPS) is 10.3. The second-order valence-electron chi connectivity index (χ2n) is 3.59. The number of ether oxygens (including phenoxy) is 2. The third-order valence-electron chi connectivity index (χ3n) is 2.20. The fourth-order valence-corrected chi connectivity index (χ4v) is 1.27. The summed E-state index contributed by atoms with van der Waals surface area (Å²) in [6.07, 6.45) is -6.87. The van der Waals surface area contributed by atoms with E-state index < -0.39 is 23.3 Å². The van der Waals surface area contributed by atoms with Crippen LogP contribution in [0.4, 0.5) is 18.0 Å². The van der Waals surface area contributed by atoms with Gasteiger partial charge in [-0.1, -0.05) is 12.1 Å². The molecule has 0 bridgehead atoms. The smallest absolute Gasteiger partial charge is 0.496 e. The highest BCUT2D eigenvalue weighted by atomic mass is 35.5. The molecule has 6 nitrogen and oxygen atoms in total. The fraction of sp³-hybridized carbons (Fsp3) is 0.273. The summed E-state index contributed by atoms with van der Waals surface area (Å²) in [6, 6.07) is 6.18. The summed E-state index contributed by atoms with van der Waals surface area (Å²) in [6.45, 7) is -0.386. The summed E-state index contributed by atoms with van der Waals surface area (Å²) >= 11 is 0. The Hall–Kier alpha value is -2.16. The van der Waals surface area contributed by atoms with E-state index in [9.17, 15) is 18.0 Å². The Morgan fingerprint density at radius 3 is 2.24 bits per heavy atom. The molecule has 10 heteroatoms. The molecule has 0 aromatic heterocycles. The number of guanidine groups is 1. The number of amides is 1. The molecule has 0 radical (unpaired) electrons. The third kappa shape index (κ3) is 5.38. The molecule has 0 heterocycles. The molecule has 1 aromatic carbocycles. The van der Waals surface area contributed by atoms with Crippen LogP contribution in [0.1, 0.15) is 5.56 Å². The number of benzene rings is 1. The Balaban J connectivity index is 0.00000400. The van der Waals surface area contributed by atoms with Crippen molar-refractivity contribution in [2.75, 3.05) is 7.11 Å². The minimum absolute atomic E-state index is 0. The lowest BCUT2D eigenvalue weighted by Gasteiger charge is -2.22. The summed E-state index contributed by atoms with van der Waals surface area (Å²) in [5, 5.41) is 6.74. The molecule has 1 rings (SSSR count). The van der Waals surface area contributed by atoms with Gasteiger partial charge in [0, 0.05) is 0 Å². The van der Waals surface area contributed by atoms with Gasteiger partial charge in [-0.3, -0.25) is 5.41 Å². The number of hydrogen-bond acceptors (Lipinski definition) is 4. The number of alkyl halides is 3. The van der Waals surface area contributed by atoms with Gasteiger partial charge in [-0.05, 0) is 17.7 Å². The standard InChI is InChI=1S/C11H12F3N3O3.ClH/c1-19-8-4-2-7(3-5-8)6-20-10(18)17(9(15)16)11(12,13)14;/h2-5H,6H2,1H3,(H3,15,16);1H. The Kier molecular flexibility index (Phi) is 6.80. The average molecular weight is 328 g/mol. The van der Waals surface area contributed by atoms with E-state index in [0.717, 1.165) is 0 Å². The summed E-state index contributed by atoms with van der Waals surface area (Å²) in [4.78, 5) is 10.4. The van der Waals surface area contributed by atoms with E-state index in [1.54, 1.807) is 12.1 Å². The first kappa shape index (κ1) is 18.8. The van der Waals surface area contributed by atoms with E-state index >= 15 is 0 Å². The molecule has 0 aliphatic heterocycles. The molecule has 21 heavy (non-hydrogen) atoms. The molecule has 0 spiro atoms. The molecule has 0 fully saturated rings. The van der Waals surface area contributed by atoms with Crippen molar-refractivity contribution in [3.05, 3.63) is 29.8 Å². The van der Waals surface area contributed by atoms with Gasteiger partial charge >= 0.3 is 12.4 Å². The van der Waals surface area contributed by atoms with Crippen molar-refractivity contribution >= 4 is 24.5 Å². The van der Waals surface area contributed by atoms with Crippen LogP contribution in [0.25, 0.3) is 0 Å². The van der Waals surface area contributed by atoms with E-state index in [1.165, 1.54) is 19.2 Å². The van der Waals surface area contributed by atoms with E-state index in [0.29, 0.717) is 11.3 Å². The number of carbonyl (C=O) groups is 1. The second-order valence-corrected chi connectivity index (χ2v) is 3.59. The summed E-state index contributed by atoms with van der Waals surface area (Å²) in [7, 11) is 1.46. The lowest BCUT2D eigenvalue weighted by atomic mass is 10.2. The number of hydrogen-bond donors (Lipinski definition) is 2. The predicted octanol–water partition coefficient (Wildman–Crippen LogP) is 2.47. The highest BCUT2D eigenvalue weighted by Gasteiger charge is 2.44. The number of methoxy groups -OCH3 is 1. The van der Waals surface area contributed by atoms with Gasteiger partial charge in [0.15, 0.2) is 0 Å². The number of nitrogens with one attached hydrogen (secondary N) is 1. The number of carbonyl (C=O) groups excluding carboxylic acids is 1. The van der Waals surface area contributed by atoms with Crippen LogP contribution in [0, 0.1) is 5.41 Å². The first-order chi connectivity index (χ1) is 9.25. The largest absolute Gasteiger partial charge is 0.497 e. The zero-order valence-electron chi connectivity index (χ0n) is 10.8. The maximum Gasteiger partial charge on any atom is 0.496 e. The summed E-state index contributed by atoms with van der Waals surface area (Å²) in [5.74, 6) is -0.905. The van der Waals surface area contributed by atoms with Crippen molar-refractivity contribution in [1.82, 2.24) is 4.90 Å². The maximum absolute atomic E-state index is 12.4. The Bertz CT molecular complexity index is 494. The van der Waals surface area contributed by atoms with Crippen LogP contribution in [0.5, 0.6) is 5.75 Å². The predicted molar refractivity (Wildman–Crippen MR) is 70.2 cm³/mol. The van der Waals surface area contributed by atoms with E-state index in [1.807, 2.05) is 0 Å². The molecule has 0 unspecified atom stereocenters. The molecule has 0 saturated carbocycles. The fourth-order valence-electron chi connectivity index (χ4n) is 1.27. The van der Waals surface area contributed by atoms with Crippen molar-refractivity contribution in [3.63, 3.8) is 0 Å². The van der Waals surface area contributed by atoms with Crippen molar-refractivity contribution < 1.29 is 27.4 Å². The van der Waals surface area contributed by atoms with E-state index in [-0.39, 0.29) is 19.0 Å². The molecule has 1 aromatic rings. The van der Waals surface area contributed by atoms with Crippen LogP contribution in [0.3, 0.4) is 0 Å². The van der Waals surface area contributed by atoms with Crippen LogP contribution in [0.15, 0.2) is 24.3 Å². The Morgan fingerprint density at radius 1 is 1.33 bits per heavy atom. The van der Waals surface area contributed by atoms with Crippen LogP contribution in [-0.2, 0) is 11.3 Å². The highest BCUT2D eigenvalue weighted by molar-refractivity contribution is 5.91. The first-order valence-corrected chi connectivity index (χ1v) is 5.26. The maximum atomic E-state index is 12.4. The van der Waals surface area contributed by atoms with Crippen molar-refractivity contribution in [3.8, 4) is 5.75 Å². The van der Waals surface area contributed by atoms with Gasteiger partial charge in [0.2, 0.25) is 5.96 Å². The zero-order chi connectivity index (χ0) is 15.3. The molecule has 0 aliphatic carbocycles. The molecule has 0 aliphatic rings. The monoisotopic (exact) mass is 327 g/mol. The van der Waals surface area contributed by atoms with Gasteiger partial charge < -0.3 is 15.2 Å². The van der Waals surface area contributed by atoms with Crippen LogP contribution in [-0.4, -0.2) is 30.4 Å². The van der Waals surface area contributed by atoms with Gasteiger partial charge in [-0.2, -0.15) is 4.90 Å². The Morgan fingerprint density at radius 2 is 1.86 bits per heavy atom. The van der Waals surface area contributed by atoms with Crippen molar-refractivity contribution in [2.24, 2.45) is 5.73 Å². The topological polar surface area (TPSA) is 88.6 Å². The molecule has 118 valence electrons. The summed E-state index contributed by atoms with van der Waals surface area (Å²) < 4.78 is 46.7. The third-order valence-corrected chi connectivity index (χ3v) is 2.20. The minimum atomic E-state index is -5.11. The number of nitrogens with two attached hydrogens (primary N) is 1. The lowest BCUT2D eigenvalue weighted by molar-refractivity contribution is -0.205. The molecule has 0 saturated heterocycles. The van der Waals surface area contributed by atoms with Gasteiger partial charge in [0.1, 0.15) is 12.4 Å². The van der Waals surface area contributed by atoms with Crippen LogP contribution in [0.2, 0.25) is 0 Å². The number of rotatable bonds is 3. The van der Waals surface area contributed by atoms with Crippen LogP contribution < -0.4 is 10.5 Å². The van der Waals surface area contributed by atoms with E-state index in [4.69, 9.17) is 15.9 Å². The Labute approximate surface area is 124 Å². The van der Waals surface area contributed by atoms with Crippen molar-refractivity contribution in [1.29, 1.82) is 5.41 Å². The number of halogens is 4. The van der Waals surface area contributed by atoms with Crippen LogP contribution >= 0.6 is 12.4 Å². The molecule has 1 amide bonds. The van der Waals surface area contributed by atoms with Gasteiger partial charge in [0.25, 0.3) is 0 Å². The SMILES string of the molecule is COc1ccc(COC(=O)N(C(=N)N)C(F)(F)F)cc1.Cl. The van der Waals surface area contributed by atoms with Gasteiger partial charge in [-0.15, -0.1) is 25.6 Å².